The lowest BCUT2D eigenvalue weighted by molar-refractivity contribution is 0.466. The number of hydrogen-bond acceptors (Lipinski definition) is 3. The van der Waals surface area contributed by atoms with Crippen molar-refractivity contribution in [1.82, 2.24) is 4.98 Å². The highest BCUT2D eigenvalue weighted by Gasteiger charge is 2.09. The van der Waals surface area contributed by atoms with Gasteiger partial charge >= 0.3 is 0 Å². The number of ether oxygens (including phenoxy) is 1. The van der Waals surface area contributed by atoms with E-state index in [2.05, 4.69) is 24.6 Å². The average molecular weight is 394 g/mol. The molecule has 144 valence electrons. The van der Waals surface area contributed by atoms with Crippen LogP contribution in [-0.2, 0) is 0 Å². The van der Waals surface area contributed by atoms with E-state index in [1.54, 1.807) is 29.8 Å². The summed E-state index contributed by atoms with van der Waals surface area (Å²) in [5, 5.41) is 0.861. The Balaban J connectivity index is 2.06. The van der Waals surface area contributed by atoms with Crippen LogP contribution in [0.25, 0.3) is 22.8 Å². The summed E-state index contributed by atoms with van der Waals surface area (Å²) >= 11 is 1.59. The molecule has 2 nitrogen and oxygen atoms in total. The van der Waals surface area contributed by atoms with E-state index in [-0.39, 0.29) is 11.6 Å². The molecule has 0 unspecified atom stereocenters. The van der Waals surface area contributed by atoms with Crippen LogP contribution in [0.1, 0.15) is 31.7 Å². The molecule has 4 heteroatoms. The molecule has 0 bridgehead atoms. The van der Waals surface area contributed by atoms with Crippen molar-refractivity contribution in [2.75, 3.05) is 0 Å². The lowest BCUT2D eigenvalue weighted by atomic mass is 10.2. The second-order valence-electron chi connectivity index (χ2n) is 6.65. The number of hydrogen-bond donors (Lipinski definition) is 0. The van der Waals surface area contributed by atoms with Gasteiger partial charge in [-0.2, -0.15) is 0 Å². The van der Waals surface area contributed by atoms with Gasteiger partial charge in [-0.15, -0.1) is 11.3 Å². The summed E-state index contributed by atoms with van der Waals surface area (Å²) in [6.45, 7) is 8.19. The van der Waals surface area contributed by atoms with Crippen LogP contribution in [0.3, 0.4) is 0 Å². The minimum atomic E-state index is -0.365. The Labute approximate surface area is 169 Å². The molecule has 2 aromatic heterocycles. The highest BCUT2D eigenvalue weighted by Crippen LogP contribution is 2.23. The standard InChI is InChI=1S/C24H24FNOS/c1-4-5-6-7-8-22(27-21-10-9-17(2)15-20(21)25)24-18(3)16-23(28-24)19-11-13-26-14-12-19/h7-16H,3-6H2,1-2H3/b8-7-,24-22-. The number of thiophene rings is 1. The first-order chi connectivity index (χ1) is 13.6. The largest absolute Gasteiger partial charge is 0.453 e. The van der Waals surface area contributed by atoms with Crippen LogP contribution in [-0.4, -0.2) is 4.98 Å². The number of rotatable bonds is 7. The minimum Gasteiger partial charge on any atom is -0.453 e. The molecular formula is C24H24FNOS. The number of nitrogens with zero attached hydrogens (tertiary/aromatic N) is 1. The first kappa shape index (κ1) is 20.0. The first-order valence-electron chi connectivity index (χ1n) is 9.42. The van der Waals surface area contributed by atoms with Crippen molar-refractivity contribution in [3.8, 4) is 16.2 Å². The van der Waals surface area contributed by atoms with Gasteiger partial charge in [-0.1, -0.05) is 38.5 Å². The Kier molecular flexibility index (Phi) is 6.77. The van der Waals surface area contributed by atoms with Crippen LogP contribution in [0.15, 0.2) is 60.9 Å². The van der Waals surface area contributed by atoms with Gasteiger partial charge in [0.25, 0.3) is 0 Å². The van der Waals surface area contributed by atoms with Crippen LogP contribution in [0.4, 0.5) is 4.39 Å². The Hall–Kier alpha value is -2.72. The second kappa shape index (κ2) is 9.47. The summed E-state index contributed by atoms with van der Waals surface area (Å²) < 4.78 is 21.3. The van der Waals surface area contributed by atoms with E-state index < -0.39 is 0 Å². The summed E-state index contributed by atoms with van der Waals surface area (Å²) in [6.07, 6.45) is 10.7. The van der Waals surface area contributed by atoms with Crippen molar-refractivity contribution in [1.29, 1.82) is 0 Å². The van der Waals surface area contributed by atoms with Crippen molar-refractivity contribution in [2.45, 2.75) is 33.1 Å². The summed E-state index contributed by atoms with van der Waals surface area (Å²) in [5.41, 5.74) is 1.94. The van der Waals surface area contributed by atoms with Gasteiger partial charge in [0.2, 0.25) is 0 Å². The molecule has 0 saturated carbocycles. The number of benzene rings is 1. The number of aryl methyl sites for hydroxylation is 1. The molecule has 28 heavy (non-hydrogen) atoms. The van der Waals surface area contributed by atoms with Gasteiger partial charge in [0.05, 0.1) is 4.53 Å². The molecule has 0 fully saturated rings. The zero-order valence-electron chi connectivity index (χ0n) is 16.2. The Morgan fingerprint density at radius 3 is 2.71 bits per heavy atom. The molecule has 3 rings (SSSR count). The molecule has 0 N–H and O–H groups in total. The number of pyridine rings is 1. The topological polar surface area (TPSA) is 22.1 Å². The van der Waals surface area contributed by atoms with Gasteiger partial charge in [0, 0.05) is 17.3 Å². The maximum absolute atomic E-state index is 14.4. The smallest absolute Gasteiger partial charge is 0.165 e. The summed E-state index contributed by atoms with van der Waals surface area (Å²) in [6, 6.07) is 11.0. The van der Waals surface area contributed by atoms with Gasteiger partial charge in [0.1, 0.15) is 5.76 Å². The normalized spacial score (nSPS) is 12.4. The highest BCUT2D eigenvalue weighted by molar-refractivity contribution is 7.13. The Morgan fingerprint density at radius 1 is 1.21 bits per heavy atom. The molecular weight excluding hydrogens is 369 g/mol. The predicted molar refractivity (Wildman–Crippen MR) is 116 cm³/mol. The van der Waals surface area contributed by atoms with Crippen LogP contribution in [0, 0.1) is 12.7 Å². The quantitative estimate of drug-likeness (QED) is 0.487. The maximum atomic E-state index is 14.4. The second-order valence-corrected chi connectivity index (χ2v) is 7.70. The van der Waals surface area contributed by atoms with Gasteiger partial charge < -0.3 is 4.74 Å². The SMILES string of the molecule is C=c1cc(-c2ccncc2)s/c1=C(/C=C\CCCC)Oc1ccc(C)cc1F. The summed E-state index contributed by atoms with van der Waals surface area (Å²) in [4.78, 5) is 5.15. The third-order valence-corrected chi connectivity index (χ3v) is 5.54. The van der Waals surface area contributed by atoms with E-state index in [4.69, 9.17) is 4.74 Å². The molecule has 0 radical (unpaired) electrons. The molecule has 0 aliphatic heterocycles. The maximum Gasteiger partial charge on any atom is 0.165 e. The monoisotopic (exact) mass is 393 g/mol. The van der Waals surface area contributed by atoms with Gasteiger partial charge in [-0.3, -0.25) is 4.98 Å². The van der Waals surface area contributed by atoms with Crippen molar-refractivity contribution in [3.63, 3.8) is 0 Å². The van der Waals surface area contributed by atoms with Crippen molar-refractivity contribution in [3.05, 3.63) is 82.1 Å². The van der Waals surface area contributed by atoms with Crippen molar-refractivity contribution in [2.24, 2.45) is 0 Å². The fraction of sp³-hybridized carbons (Fsp3) is 0.208. The molecule has 0 atom stereocenters. The molecule has 3 aromatic rings. The minimum absolute atomic E-state index is 0.221. The molecule has 0 saturated heterocycles. The van der Waals surface area contributed by atoms with Gasteiger partial charge in [0.15, 0.2) is 11.6 Å². The highest BCUT2D eigenvalue weighted by atomic mass is 32.1. The van der Waals surface area contributed by atoms with Crippen molar-refractivity contribution < 1.29 is 9.13 Å². The fourth-order valence-corrected chi connectivity index (χ4v) is 3.85. The Morgan fingerprint density at radius 2 is 2.00 bits per heavy atom. The number of unbranched alkanes of at least 4 members (excludes halogenated alkanes) is 2. The molecule has 2 heterocycles. The van der Waals surface area contributed by atoms with E-state index in [0.717, 1.165) is 45.0 Å². The van der Waals surface area contributed by atoms with E-state index in [1.165, 1.54) is 6.07 Å². The predicted octanol–water partition coefficient (Wildman–Crippen LogP) is 5.60. The Bertz CT molecular complexity index is 1070. The number of aromatic nitrogens is 1. The third-order valence-electron chi connectivity index (χ3n) is 4.30. The van der Waals surface area contributed by atoms with Crippen LogP contribution in [0.2, 0.25) is 0 Å². The first-order valence-corrected chi connectivity index (χ1v) is 10.2. The lowest BCUT2D eigenvalue weighted by Gasteiger charge is -2.08. The summed E-state index contributed by atoms with van der Waals surface area (Å²) in [5.74, 6) is 0.476. The van der Waals surface area contributed by atoms with E-state index in [1.807, 2.05) is 37.3 Å². The van der Waals surface area contributed by atoms with E-state index >= 15 is 0 Å². The van der Waals surface area contributed by atoms with E-state index in [9.17, 15) is 4.39 Å². The van der Waals surface area contributed by atoms with Crippen molar-refractivity contribution >= 4 is 23.7 Å². The number of allylic oxidation sites excluding steroid dienone is 1. The lowest BCUT2D eigenvalue weighted by Crippen LogP contribution is -2.21. The summed E-state index contributed by atoms with van der Waals surface area (Å²) in [7, 11) is 0. The molecule has 0 aliphatic rings. The third kappa shape index (κ3) is 4.96. The fourth-order valence-electron chi connectivity index (χ4n) is 2.77. The van der Waals surface area contributed by atoms with Crippen LogP contribution >= 0.6 is 11.3 Å². The van der Waals surface area contributed by atoms with Gasteiger partial charge in [-0.05, 0) is 66.1 Å². The zero-order chi connectivity index (χ0) is 19.9. The van der Waals surface area contributed by atoms with E-state index in [0.29, 0.717) is 5.76 Å². The van der Waals surface area contributed by atoms with Crippen LogP contribution in [0.5, 0.6) is 5.75 Å². The molecule has 0 aliphatic carbocycles. The number of halogens is 1. The zero-order valence-corrected chi connectivity index (χ0v) is 17.1. The van der Waals surface area contributed by atoms with Crippen LogP contribution < -0.4 is 14.5 Å². The van der Waals surface area contributed by atoms with Gasteiger partial charge in [-0.25, -0.2) is 4.39 Å². The molecule has 0 spiro atoms. The molecule has 1 aromatic carbocycles. The average Bonchev–Trinajstić information content (AvgIpc) is 3.08. The molecule has 0 amide bonds.